The van der Waals surface area contributed by atoms with Crippen molar-refractivity contribution in [1.82, 2.24) is 5.32 Å². The van der Waals surface area contributed by atoms with E-state index in [1.807, 2.05) is 0 Å². The van der Waals surface area contributed by atoms with E-state index in [0.717, 1.165) is 0 Å². The second kappa shape index (κ2) is 3.45. The van der Waals surface area contributed by atoms with Gasteiger partial charge in [-0.25, -0.2) is 0 Å². The third-order valence-electron chi connectivity index (χ3n) is 0.652. The van der Waals surface area contributed by atoms with Crippen molar-refractivity contribution < 1.29 is 22.8 Å². The molecule has 0 saturated carbocycles. The molecule has 0 aromatic rings. The summed E-state index contributed by atoms with van der Waals surface area (Å²) in [6.07, 6.45) is -1.20. The SMILES string of the molecule is O=C(O)CNC[B-](F)(F)F. The van der Waals surface area contributed by atoms with Crippen LogP contribution < -0.4 is 5.32 Å². The van der Waals surface area contributed by atoms with Gasteiger partial charge in [0.2, 0.25) is 0 Å². The summed E-state index contributed by atoms with van der Waals surface area (Å²) in [4.78, 5) is 9.66. The Morgan fingerprint density at radius 3 is 2.30 bits per heavy atom. The number of halogens is 3. The van der Waals surface area contributed by atoms with Gasteiger partial charge in [0.25, 0.3) is 0 Å². The molecule has 0 unspecified atom stereocenters. The van der Waals surface area contributed by atoms with Gasteiger partial charge >= 0.3 is 12.9 Å². The van der Waals surface area contributed by atoms with Gasteiger partial charge in [0.1, 0.15) is 0 Å². The van der Waals surface area contributed by atoms with E-state index in [2.05, 4.69) is 0 Å². The van der Waals surface area contributed by atoms with Crippen LogP contribution in [0.3, 0.4) is 0 Å². The van der Waals surface area contributed by atoms with Crippen LogP contribution in [0.25, 0.3) is 0 Å². The summed E-state index contributed by atoms with van der Waals surface area (Å²) in [5.74, 6) is -1.29. The molecule has 0 spiro atoms. The number of hydrogen-bond donors (Lipinski definition) is 2. The van der Waals surface area contributed by atoms with Crippen molar-refractivity contribution >= 4 is 12.9 Å². The second-order valence-corrected chi connectivity index (χ2v) is 1.73. The van der Waals surface area contributed by atoms with Crippen LogP contribution in [0.4, 0.5) is 12.9 Å². The van der Waals surface area contributed by atoms with Gasteiger partial charge in [0.05, 0.1) is 6.54 Å². The van der Waals surface area contributed by atoms with Gasteiger partial charge in [-0.2, -0.15) is 0 Å². The summed E-state index contributed by atoms with van der Waals surface area (Å²) in [7, 11) is 0. The van der Waals surface area contributed by atoms with E-state index in [-0.39, 0.29) is 0 Å². The maximum atomic E-state index is 11.3. The van der Waals surface area contributed by atoms with E-state index in [4.69, 9.17) is 5.11 Å². The maximum Gasteiger partial charge on any atom is 0.491 e. The van der Waals surface area contributed by atoms with Crippen molar-refractivity contribution in [2.24, 2.45) is 0 Å². The highest BCUT2D eigenvalue weighted by atomic mass is 19.4. The molecule has 3 nitrogen and oxygen atoms in total. The molecule has 0 aromatic heterocycles. The van der Waals surface area contributed by atoms with Crippen LogP contribution in [-0.2, 0) is 4.79 Å². The highest BCUT2D eigenvalue weighted by molar-refractivity contribution is 6.58. The molecular formula is C3H6BF3NO2-. The molecule has 0 heterocycles. The third kappa shape index (κ3) is 7.28. The van der Waals surface area contributed by atoms with Crippen LogP contribution in [0.5, 0.6) is 0 Å². The lowest BCUT2D eigenvalue weighted by Crippen LogP contribution is -2.36. The normalized spacial score (nSPS) is 11.5. The molecule has 0 bridgehead atoms. The summed E-state index contributed by atoms with van der Waals surface area (Å²) >= 11 is 0. The Hall–Kier alpha value is -0.715. The van der Waals surface area contributed by atoms with Crippen LogP contribution in [0.1, 0.15) is 0 Å². The lowest BCUT2D eigenvalue weighted by molar-refractivity contribution is -0.135. The Balaban J connectivity index is 3.29. The number of aliphatic carboxylic acids is 1. The molecule has 0 radical (unpaired) electrons. The first-order valence-corrected chi connectivity index (χ1v) is 2.55. The summed E-state index contributed by atoms with van der Waals surface area (Å²) in [6, 6.07) is 0. The number of rotatable bonds is 4. The zero-order chi connectivity index (χ0) is 8.20. The molecule has 10 heavy (non-hydrogen) atoms. The van der Waals surface area contributed by atoms with Crippen LogP contribution in [0, 0.1) is 0 Å². The number of nitrogens with one attached hydrogen (secondary N) is 1. The molecule has 7 heteroatoms. The van der Waals surface area contributed by atoms with Gasteiger partial charge in [-0.3, -0.25) is 4.79 Å². The molecule has 0 aliphatic heterocycles. The standard InChI is InChI=1S/C3H6BF3NO2/c5-4(6,7)2-8-1-3(9)10/h8H,1-2H2,(H,9,10)/q-1. The zero-order valence-corrected chi connectivity index (χ0v) is 4.98. The zero-order valence-electron chi connectivity index (χ0n) is 4.98. The number of hydrogen-bond acceptors (Lipinski definition) is 2. The molecule has 0 rings (SSSR count). The lowest BCUT2D eigenvalue weighted by atomic mass is 9.92. The van der Waals surface area contributed by atoms with E-state index < -0.39 is 25.9 Å². The second-order valence-electron chi connectivity index (χ2n) is 1.73. The average molecular weight is 156 g/mol. The van der Waals surface area contributed by atoms with Crippen molar-refractivity contribution in [3.63, 3.8) is 0 Å². The van der Waals surface area contributed by atoms with Crippen LogP contribution in [-0.4, -0.2) is 31.0 Å². The quantitative estimate of drug-likeness (QED) is 0.565. The van der Waals surface area contributed by atoms with E-state index in [1.165, 1.54) is 0 Å². The first-order valence-electron chi connectivity index (χ1n) is 2.55. The predicted molar refractivity (Wildman–Crippen MR) is 29.6 cm³/mol. The van der Waals surface area contributed by atoms with Crippen LogP contribution >= 0.6 is 0 Å². The fourth-order valence-corrected chi connectivity index (χ4v) is 0.343. The minimum Gasteiger partial charge on any atom is -0.480 e. The fourth-order valence-electron chi connectivity index (χ4n) is 0.343. The Kier molecular flexibility index (Phi) is 3.21. The molecule has 0 aliphatic rings. The summed E-state index contributed by atoms with van der Waals surface area (Å²) in [5, 5.41) is 9.62. The van der Waals surface area contributed by atoms with E-state index in [1.54, 1.807) is 5.32 Å². The Bertz CT molecular complexity index is 125. The number of carbonyl (C=O) groups is 1. The van der Waals surface area contributed by atoms with Gasteiger partial charge in [-0.1, -0.05) is 0 Å². The van der Waals surface area contributed by atoms with Crippen molar-refractivity contribution in [3.05, 3.63) is 0 Å². The van der Waals surface area contributed by atoms with Gasteiger partial charge in [-0.05, 0) is 6.44 Å². The topological polar surface area (TPSA) is 49.3 Å². The predicted octanol–water partition coefficient (Wildman–Crippen LogP) is 0.0472. The third-order valence-corrected chi connectivity index (χ3v) is 0.652. The molecule has 0 saturated heterocycles. The Morgan fingerprint density at radius 2 is 2.00 bits per heavy atom. The van der Waals surface area contributed by atoms with Gasteiger partial charge in [0, 0.05) is 0 Å². The molecular weight excluding hydrogens is 150 g/mol. The van der Waals surface area contributed by atoms with Crippen molar-refractivity contribution in [2.45, 2.75) is 0 Å². The minimum absolute atomic E-state index is 0.652. The summed E-state index contributed by atoms with van der Waals surface area (Å²) < 4.78 is 33.9. The monoisotopic (exact) mass is 156 g/mol. The molecule has 0 atom stereocenters. The van der Waals surface area contributed by atoms with Crippen LogP contribution in [0.15, 0.2) is 0 Å². The largest absolute Gasteiger partial charge is 0.491 e. The minimum atomic E-state index is -4.91. The Labute approximate surface area is 55.3 Å². The molecule has 0 aliphatic carbocycles. The number of carboxylic acid groups (broad SMARTS) is 1. The summed E-state index contributed by atoms with van der Waals surface area (Å²) in [5.41, 5.74) is 0. The Morgan fingerprint density at radius 1 is 1.50 bits per heavy atom. The first kappa shape index (κ1) is 9.28. The first-order chi connectivity index (χ1) is 4.42. The summed E-state index contributed by atoms with van der Waals surface area (Å²) in [6.45, 7) is -5.56. The van der Waals surface area contributed by atoms with Crippen LogP contribution in [0.2, 0.25) is 0 Å². The fraction of sp³-hybridized carbons (Fsp3) is 0.667. The highest BCUT2D eigenvalue weighted by Gasteiger charge is 2.21. The molecule has 2 N–H and O–H groups in total. The molecule has 0 amide bonds. The van der Waals surface area contributed by atoms with Gasteiger partial charge < -0.3 is 23.4 Å². The van der Waals surface area contributed by atoms with E-state index in [9.17, 15) is 17.7 Å². The van der Waals surface area contributed by atoms with Crippen molar-refractivity contribution in [1.29, 1.82) is 0 Å². The molecule has 0 fully saturated rings. The average Bonchev–Trinajstić information content (AvgIpc) is 1.59. The van der Waals surface area contributed by atoms with Gasteiger partial charge in [0.15, 0.2) is 0 Å². The molecule has 0 aromatic carbocycles. The van der Waals surface area contributed by atoms with E-state index in [0.29, 0.717) is 0 Å². The lowest BCUT2D eigenvalue weighted by Gasteiger charge is -2.12. The maximum absolute atomic E-state index is 11.3. The highest BCUT2D eigenvalue weighted by Crippen LogP contribution is 2.04. The van der Waals surface area contributed by atoms with Crippen molar-refractivity contribution in [3.8, 4) is 0 Å². The van der Waals surface area contributed by atoms with Gasteiger partial charge in [-0.15, -0.1) is 0 Å². The van der Waals surface area contributed by atoms with E-state index >= 15 is 0 Å². The molecule has 60 valence electrons. The smallest absolute Gasteiger partial charge is 0.480 e. The number of carboxylic acids is 1. The van der Waals surface area contributed by atoms with Crippen molar-refractivity contribution in [2.75, 3.05) is 13.0 Å².